The summed E-state index contributed by atoms with van der Waals surface area (Å²) in [6, 6.07) is 0. The third-order valence-corrected chi connectivity index (χ3v) is 2.35. The summed E-state index contributed by atoms with van der Waals surface area (Å²) in [6.07, 6.45) is 2.20. The standard InChI is InChI=1S/C8H18N2O/c9-3-5-10-4-1-8(7-10)2-6-11/h8,11H,1-7,9H2/t8-/m0/s1. The molecule has 0 saturated carbocycles. The number of nitrogens with zero attached hydrogens (tertiary/aromatic N) is 1. The van der Waals surface area contributed by atoms with E-state index < -0.39 is 0 Å². The molecule has 0 amide bonds. The predicted octanol–water partition coefficient (Wildman–Crippen LogP) is -0.351. The second kappa shape index (κ2) is 4.70. The summed E-state index contributed by atoms with van der Waals surface area (Å²) in [4.78, 5) is 2.38. The Morgan fingerprint density at radius 3 is 3.00 bits per heavy atom. The minimum absolute atomic E-state index is 0.334. The average molecular weight is 158 g/mol. The van der Waals surface area contributed by atoms with Crippen molar-refractivity contribution in [3.63, 3.8) is 0 Å². The van der Waals surface area contributed by atoms with E-state index in [0.29, 0.717) is 12.5 Å². The molecule has 0 aromatic carbocycles. The van der Waals surface area contributed by atoms with Gasteiger partial charge in [-0.1, -0.05) is 0 Å². The lowest BCUT2D eigenvalue weighted by Crippen LogP contribution is -2.27. The van der Waals surface area contributed by atoms with Gasteiger partial charge in [0.1, 0.15) is 0 Å². The van der Waals surface area contributed by atoms with Gasteiger partial charge in [0.2, 0.25) is 0 Å². The van der Waals surface area contributed by atoms with E-state index in [1.54, 1.807) is 0 Å². The van der Waals surface area contributed by atoms with E-state index in [1.165, 1.54) is 13.0 Å². The predicted molar refractivity (Wildman–Crippen MR) is 45.3 cm³/mol. The Bertz CT molecular complexity index is 96.3. The summed E-state index contributed by atoms with van der Waals surface area (Å²) >= 11 is 0. The van der Waals surface area contributed by atoms with E-state index in [1.807, 2.05) is 0 Å². The first-order chi connectivity index (χ1) is 5.36. The number of aliphatic hydroxyl groups is 1. The zero-order valence-electron chi connectivity index (χ0n) is 7.00. The lowest BCUT2D eigenvalue weighted by molar-refractivity contribution is 0.252. The van der Waals surface area contributed by atoms with Crippen molar-refractivity contribution in [3.8, 4) is 0 Å². The lowest BCUT2D eigenvalue weighted by atomic mass is 10.1. The number of hydrogen-bond acceptors (Lipinski definition) is 3. The number of aliphatic hydroxyl groups excluding tert-OH is 1. The fourth-order valence-corrected chi connectivity index (χ4v) is 1.72. The summed E-state index contributed by atoms with van der Waals surface area (Å²) in [5.41, 5.74) is 5.44. The van der Waals surface area contributed by atoms with Gasteiger partial charge in [0.05, 0.1) is 0 Å². The molecule has 0 spiro atoms. The molecule has 0 unspecified atom stereocenters. The van der Waals surface area contributed by atoms with Crippen molar-refractivity contribution in [3.05, 3.63) is 0 Å². The van der Waals surface area contributed by atoms with E-state index in [-0.39, 0.29) is 0 Å². The van der Waals surface area contributed by atoms with Gasteiger partial charge in [0.15, 0.2) is 0 Å². The number of rotatable bonds is 4. The molecule has 1 saturated heterocycles. The fraction of sp³-hybridized carbons (Fsp3) is 1.00. The SMILES string of the molecule is NCCN1CC[C@@H](CCO)C1. The number of likely N-dealkylation sites (tertiary alicyclic amines) is 1. The van der Waals surface area contributed by atoms with Gasteiger partial charge in [0.25, 0.3) is 0 Å². The van der Waals surface area contributed by atoms with Crippen molar-refractivity contribution in [2.24, 2.45) is 11.7 Å². The Kier molecular flexibility index (Phi) is 3.83. The van der Waals surface area contributed by atoms with Crippen molar-refractivity contribution in [1.82, 2.24) is 4.90 Å². The van der Waals surface area contributed by atoms with Crippen LogP contribution >= 0.6 is 0 Å². The maximum absolute atomic E-state index is 8.70. The molecule has 0 aromatic heterocycles. The maximum Gasteiger partial charge on any atom is 0.0434 e. The van der Waals surface area contributed by atoms with Crippen molar-refractivity contribution < 1.29 is 5.11 Å². The Balaban J connectivity index is 2.12. The Labute approximate surface area is 68.2 Å². The summed E-state index contributed by atoms with van der Waals surface area (Å²) in [5, 5.41) is 8.70. The highest BCUT2D eigenvalue weighted by Gasteiger charge is 2.20. The molecule has 1 fully saturated rings. The molecule has 1 atom stereocenters. The summed E-state index contributed by atoms with van der Waals surface area (Å²) in [5.74, 6) is 0.714. The van der Waals surface area contributed by atoms with Gasteiger partial charge < -0.3 is 15.7 Å². The van der Waals surface area contributed by atoms with E-state index >= 15 is 0 Å². The van der Waals surface area contributed by atoms with Crippen LogP contribution in [0.15, 0.2) is 0 Å². The van der Waals surface area contributed by atoms with Gasteiger partial charge in [-0.25, -0.2) is 0 Å². The molecule has 1 aliphatic heterocycles. The second-order valence-electron chi connectivity index (χ2n) is 3.26. The summed E-state index contributed by atoms with van der Waals surface area (Å²) in [7, 11) is 0. The van der Waals surface area contributed by atoms with Crippen LogP contribution in [-0.2, 0) is 0 Å². The van der Waals surface area contributed by atoms with Gasteiger partial charge >= 0.3 is 0 Å². The van der Waals surface area contributed by atoms with Gasteiger partial charge in [-0.3, -0.25) is 0 Å². The van der Waals surface area contributed by atoms with Crippen molar-refractivity contribution in [2.75, 3.05) is 32.8 Å². The third kappa shape index (κ3) is 2.77. The highest BCUT2D eigenvalue weighted by atomic mass is 16.3. The first-order valence-electron chi connectivity index (χ1n) is 4.40. The molecule has 0 aliphatic carbocycles. The molecule has 0 bridgehead atoms. The van der Waals surface area contributed by atoms with Crippen molar-refractivity contribution in [1.29, 1.82) is 0 Å². The zero-order chi connectivity index (χ0) is 8.10. The van der Waals surface area contributed by atoms with Gasteiger partial charge in [-0.2, -0.15) is 0 Å². The molecule has 66 valence electrons. The van der Waals surface area contributed by atoms with E-state index in [0.717, 1.165) is 26.1 Å². The molecule has 0 aromatic rings. The zero-order valence-corrected chi connectivity index (χ0v) is 7.00. The molecule has 3 N–H and O–H groups in total. The van der Waals surface area contributed by atoms with Crippen LogP contribution in [0, 0.1) is 5.92 Å². The molecule has 0 radical (unpaired) electrons. The maximum atomic E-state index is 8.70. The molecular weight excluding hydrogens is 140 g/mol. The lowest BCUT2D eigenvalue weighted by Gasteiger charge is -2.13. The molecule has 11 heavy (non-hydrogen) atoms. The monoisotopic (exact) mass is 158 g/mol. The van der Waals surface area contributed by atoms with Crippen LogP contribution in [0.4, 0.5) is 0 Å². The molecule has 1 rings (SSSR count). The molecule has 1 aliphatic rings. The van der Waals surface area contributed by atoms with Crippen molar-refractivity contribution in [2.45, 2.75) is 12.8 Å². The van der Waals surface area contributed by atoms with Gasteiger partial charge in [0, 0.05) is 26.2 Å². The van der Waals surface area contributed by atoms with Crippen LogP contribution in [0.1, 0.15) is 12.8 Å². The van der Waals surface area contributed by atoms with Crippen LogP contribution in [-0.4, -0.2) is 42.8 Å². The number of nitrogens with two attached hydrogens (primary N) is 1. The van der Waals surface area contributed by atoms with E-state index in [4.69, 9.17) is 10.8 Å². The highest BCUT2D eigenvalue weighted by Crippen LogP contribution is 2.17. The van der Waals surface area contributed by atoms with E-state index in [9.17, 15) is 0 Å². The molecular formula is C8H18N2O. The second-order valence-corrected chi connectivity index (χ2v) is 3.26. The largest absolute Gasteiger partial charge is 0.396 e. The Morgan fingerprint density at radius 1 is 1.55 bits per heavy atom. The van der Waals surface area contributed by atoms with Crippen LogP contribution in [0.25, 0.3) is 0 Å². The summed E-state index contributed by atoms with van der Waals surface area (Å²) in [6.45, 7) is 4.41. The van der Waals surface area contributed by atoms with Crippen molar-refractivity contribution >= 4 is 0 Å². The smallest absolute Gasteiger partial charge is 0.0434 e. The quantitative estimate of drug-likeness (QED) is 0.588. The molecule has 1 heterocycles. The Hall–Kier alpha value is -0.120. The first-order valence-corrected chi connectivity index (χ1v) is 4.40. The van der Waals surface area contributed by atoms with E-state index in [2.05, 4.69) is 4.90 Å². The van der Waals surface area contributed by atoms with Crippen LogP contribution in [0.3, 0.4) is 0 Å². The highest BCUT2D eigenvalue weighted by molar-refractivity contribution is 4.75. The van der Waals surface area contributed by atoms with Crippen LogP contribution in [0.2, 0.25) is 0 Å². The number of hydrogen-bond donors (Lipinski definition) is 2. The third-order valence-electron chi connectivity index (χ3n) is 2.35. The van der Waals surface area contributed by atoms with Crippen LogP contribution in [0.5, 0.6) is 0 Å². The first kappa shape index (κ1) is 8.97. The summed E-state index contributed by atoms with van der Waals surface area (Å²) < 4.78 is 0. The minimum atomic E-state index is 0.334. The fourth-order valence-electron chi connectivity index (χ4n) is 1.72. The van der Waals surface area contributed by atoms with Gasteiger partial charge in [-0.05, 0) is 25.3 Å². The van der Waals surface area contributed by atoms with Gasteiger partial charge in [-0.15, -0.1) is 0 Å². The normalized spacial score (nSPS) is 26.2. The minimum Gasteiger partial charge on any atom is -0.396 e. The molecule has 3 heteroatoms. The molecule has 3 nitrogen and oxygen atoms in total. The van der Waals surface area contributed by atoms with Crippen LogP contribution < -0.4 is 5.73 Å². The Morgan fingerprint density at radius 2 is 2.36 bits per heavy atom. The topological polar surface area (TPSA) is 49.5 Å². The average Bonchev–Trinajstić information content (AvgIpc) is 2.38.